The van der Waals surface area contributed by atoms with Crippen molar-refractivity contribution in [1.29, 1.82) is 0 Å². The maximum Gasteiger partial charge on any atom is 0.433 e. The Morgan fingerprint density at radius 2 is 1.69 bits per heavy atom. The van der Waals surface area contributed by atoms with E-state index < -0.39 is 76.3 Å². The number of carbonyl (C=O) groups is 4. The number of fused-ring (bicyclic) bond motifs is 6. The third-order valence-electron chi connectivity index (χ3n) is 13.4. The molecule has 4 amide bonds. The number of hydrogen-bond acceptors (Lipinski definition) is 9. The molecule has 0 unspecified atom stereocenters. The van der Waals surface area contributed by atoms with Gasteiger partial charge in [0.15, 0.2) is 5.82 Å². The highest BCUT2D eigenvalue weighted by Crippen LogP contribution is 2.65. The lowest BCUT2D eigenvalue weighted by atomic mass is 9.51. The summed E-state index contributed by atoms with van der Waals surface area (Å²) >= 11 is 14.2. The minimum atomic E-state index is -4.83. The van der Waals surface area contributed by atoms with Gasteiger partial charge in [0.2, 0.25) is 11.8 Å². The maximum atomic E-state index is 15.4. The van der Waals surface area contributed by atoms with Crippen molar-refractivity contribution in [3.05, 3.63) is 111 Å². The molecule has 10 rings (SSSR count). The predicted octanol–water partition coefficient (Wildman–Crippen LogP) is 9.47. The molecule has 316 valence electrons. The van der Waals surface area contributed by atoms with Crippen molar-refractivity contribution in [3.63, 3.8) is 0 Å². The number of aromatic nitrogens is 3. The van der Waals surface area contributed by atoms with Crippen LogP contribution in [0.15, 0.2) is 84.4 Å². The Labute approximate surface area is 365 Å². The first-order chi connectivity index (χ1) is 29.4. The Balaban J connectivity index is 1.09. The minimum absolute atomic E-state index is 0.00731. The van der Waals surface area contributed by atoms with E-state index in [4.69, 9.17) is 28.3 Å². The molecule has 1 N–H and O–H groups in total. The molecule has 2 aliphatic heterocycles. The van der Waals surface area contributed by atoms with Gasteiger partial charge in [0, 0.05) is 41.4 Å². The van der Waals surface area contributed by atoms with E-state index in [1.165, 1.54) is 23.1 Å². The van der Waals surface area contributed by atoms with Crippen LogP contribution in [0.5, 0.6) is 5.75 Å². The second-order valence-electron chi connectivity index (χ2n) is 16.6. The number of hydrazine groups is 1. The summed E-state index contributed by atoms with van der Waals surface area (Å²) in [6.45, 7) is 3.69. The summed E-state index contributed by atoms with van der Waals surface area (Å²) in [6, 6.07) is 19.7. The molecule has 0 bridgehead atoms. The first kappa shape index (κ1) is 40.3. The number of nitrogens with zero attached hydrogens (tertiary/aromatic N) is 6. The number of aromatic hydroxyl groups is 1. The van der Waals surface area contributed by atoms with E-state index in [-0.39, 0.29) is 29.4 Å². The number of carbonyl (C=O) groups excluding carboxylic acids is 4. The molecule has 3 fully saturated rings. The van der Waals surface area contributed by atoms with E-state index in [1.54, 1.807) is 32.2 Å². The topological polar surface area (TPSA) is 129 Å². The third-order valence-corrected chi connectivity index (χ3v) is 15.3. The normalized spacial score (nSPS) is 24.9. The van der Waals surface area contributed by atoms with E-state index in [2.05, 4.69) is 4.98 Å². The van der Waals surface area contributed by atoms with Crippen LogP contribution in [0.4, 0.5) is 24.8 Å². The van der Waals surface area contributed by atoms with Crippen LogP contribution in [0.2, 0.25) is 10.0 Å². The lowest BCUT2D eigenvalue weighted by Crippen LogP contribution is -2.49. The zero-order valence-corrected chi connectivity index (χ0v) is 35.7. The van der Waals surface area contributed by atoms with Crippen LogP contribution < -0.4 is 9.91 Å². The van der Waals surface area contributed by atoms with E-state index in [1.807, 2.05) is 55.5 Å². The molecular weight excluding hydrogens is 864 g/mol. The quantitative estimate of drug-likeness (QED) is 0.134. The smallest absolute Gasteiger partial charge is 0.433 e. The first-order valence-corrected chi connectivity index (χ1v) is 21.4. The van der Waals surface area contributed by atoms with Gasteiger partial charge in [-0.2, -0.15) is 23.3 Å². The molecule has 6 aromatic rings. The maximum absolute atomic E-state index is 15.4. The number of thiophene rings is 1. The van der Waals surface area contributed by atoms with Gasteiger partial charge < -0.3 is 5.11 Å². The Hall–Kier alpha value is -5.77. The molecule has 0 spiro atoms. The van der Waals surface area contributed by atoms with Crippen LogP contribution in [0.1, 0.15) is 42.5 Å². The number of phenols is 1. The molecule has 6 atom stereocenters. The second kappa shape index (κ2) is 13.9. The van der Waals surface area contributed by atoms with Gasteiger partial charge in [-0.05, 0) is 90.7 Å². The molecule has 17 heteroatoms. The van der Waals surface area contributed by atoms with E-state index in [9.17, 15) is 27.9 Å². The predicted molar refractivity (Wildman–Crippen MR) is 229 cm³/mol. The van der Waals surface area contributed by atoms with Gasteiger partial charge in [0.1, 0.15) is 23.0 Å². The van der Waals surface area contributed by atoms with Crippen molar-refractivity contribution >= 4 is 90.7 Å². The largest absolute Gasteiger partial charge is 0.508 e. The van der Waals surface area contributed by atoms with Crippen LogP contribution in [0.3, 0.4) is 0 Å². The Morgan fingerprint density at radius 1 is 0.935 bits per heavy atom. The second-order valence-corrected chi connectivity index (χ2v) is 18.5. The van der Waals surface area contributed by atoms with Crippen molar-refractivity contribution in [2.75, 3.05) is 17.0 Å². The fourth-order valence-corrected chi connectivity index (χ4v) is 12.1. The van der Waals surface area contributed by atoms with Crippen molar-refractivity contribution in [3.8, 4) is 16.3 Å². The lowest BCUT2D eigenvalue weighted by molar-refractivity contribution is -0.141. The molecule has 3 aromatic heterocycles. The van der Waals surface area contributed by atoms with Crippen LogP contribution in [0.25, 0.3) is 31.4 Å². The fraction of sp³-hybridized carbons (Fsp3) is 0.289. The molecule has 11 nitrogen and oxygen atoms in total. The Kier molecular flexibility index (Phi) is 9.02. The molecule has 62 heavy (non-hydrogen) atoms. The average Bonchev–Trinajstić information content (AvgIpc) is 3.90. The number of phenolic OH excluding ortho intramolecular Hbond substituents is 1. The molecule has 2 saturated heterocycles. The van der Waals surface area contributed by atoms with Gasteiger partial charge >= 0.3 is 6.18 Å². The summed E-state index contributed by atoms with van der Waals surface area (Å²) in [7, 11) is 2.91. The van der Waals surface area contributed by atoms with Crippen LogP contribution in [-0.4, -0.2) is 55.6 Å². The standard InChI is InChI=1S/C45H35Cl2F3N6O5S/c1-20-26-17-22(46)10-15-32(26)62-38(20)30-19-34(53(3)52-30)55-41(59)28-18-27-24(37(44(28,2)43(55)61)36-23-8-6-5-7-21(23)9-14-31(36)57)11-12-25-35(27)42(60)56(40(25)58)54(4)39-29(47)13-16-33(51-39)45(48,49)50/h5-11,13-17,19,25,27-28,35,37,57H,12,18H2,1-4H3/t25-,27+,28-,35-,37+,44+/m0/s1. The zero-order chi connectivity index (χ0) is 43.9. The summed E-state index contributed by atoms with van der Waals surface area (Å²) in [5.74, 6) is -7.52. The summed E-state index contributed by atoms with van der Waals surface area (Å²) in [5, 5.41) is 21.1. The van der Waals surface area contributed by atoms with Gasteiger partial charge in [-0.1, -0.05) is 65.2 Å². The number of pyridine rings is 1. The highest BCUT2D eigenvalue weighted by atomic mass is 35.5. The summed E-state index contributed by atoms with van der Waals surface area (Å²) in [5.41, 5.74) is -0.243. The Bertz CT molecular complexity index is 3020. The molecular formula is C45H35Cl2F3N6O5S. The van der Waals surface area contributed by atoms with E-state index in [0.717, 1.165) is 46.9 Å². The van der Waals surface area contributed by atoms with Gasteiger partial charge in [-0.25, -0.2) is 9.88 Å². The summed E-state index contributed by atoms with van der Waals surface area (Å²) < 4.78 is 43.8. The Morgan fingerprint density at radius 3 is 2.45 bits per heavy atom. The molecule has 2 aliphatic carbocycles. The number of alkyl halides is 3. The number of rotatable bonds is 5. The van der Waals surface area contributed by atoms with E-state index in [0.29, 0.717) is 33.3 Å². The van der Waals surface area contributed by atoms with Gasteiger partial charge in [-0.3, -0.25) is 28.9 Å². The van der Waals surface area contributed by atoms with Crippen molar-refractivity contribution < 1.29 is 37.5 Å². The third kappa shape index (κ3) is 5.63. The highest BCUT2D eigenvalue weighted by Gasteiger charge is 2.68. The fourth-order valence-electron chi connectivity index (χ4n) is 10.5. The SMILES string of the molecule is Cc1c(-c2cc(N3C(=O)[C@@H]4C[C@@H]5C(=CC[C@@H]6C(=O)N(N(C)c7nc(C(F)(F)F)ccc7Cl)C(=O)[C@@H]65)[C@H](c5c(O)ccc6ccccc56)[C@]4(C)C3=O)n(C)n2)sc2ccc(Cl)cc12. The number of imide groups is 2. The molecule has 4 aliphatic rings. The van der Waals surface area contributed by atoms with Crippen LogP contribution in [-0.2, 0) is 32.4 Å². The molecule has 3 aromatic carbocycles. The van der Waals surface area contributed by atoms with Crippen molar-refractivity contribution in [1.82, 2.24) is 19.8 Å². The van der Waals surface area contributed by atoms with Crippen molar-refractivity contribution in [2.45, 2.75) is 38.8 Å². The number of aryl methyl sites for hydroxylation is 2. The van der Waals surface area contributed by atoms with Gasteiger partial charge in [0.25, 0.3) is 11.8 Å². The summed E-state index contributed by atoms with van der Waals surface area (Å²) in [4.78, 5) is 65.2. The van der Waals surface area contributed by atoms with Gasteiger partial charge in [-0.15, -0.1) is 11.3 Å². The highest BCUT2D eigenvalue weighted by molar-refractivity contribution is 7.22. The van der Waals surface area contributed by atoms with Crippen LogP contribution >= 0.6 is 34.5 Å². The molecule has 0 radical (unpaired) electrons. The number of halogens is 5. The van der Waals surface area contributed by atoms with Crippen molar-refractivity contribution in [2.24, 2.45) is 36.1 Å². The number of benzene rings is 3. The lowest BCUT2D eigenvalue weighted by Gasteiger charge is -2.49. The monoisotopic (exact) mass is 898 g/mol. The number of amides is 4. The van der Waals surface area contributed by atoms with Gasteiger partial charge in [0.05, 0.1) is 33.1 Å². The minimum Gasteiger partial charge on any atom is -0.508 e. The van der Waals surface area contributed by atoms with E-state index >= 15 is 9.59 Å². The molecule has 5 heterocycles. The zero-order valence-electron chi connectivity index (χ0n) is 33.4. The number of allylic oxidation sites excluding steroid dienone is 2. The molecule has 1 saturated carbocycles. The summed E-state index contributed by atoms with van der Waals surface area (Å²) in [6.07, 6.45) is -2.95. The van der Waals surface area contributed by atoms with Crippen LogP contribution in [0, 0.1) is 36.0 Å². The average molecular weight is 900 g/mol. The first-order valence-electron chi connectivity index (χ1n) is 19.8. The number of hydrogen-bond donors (Lipinski definition) is 1. The number of anilines is 2.